The molecule has 1 aliphatic heterocycles. The van der Waals surface area contributed by atoms with Gasteiger partial charge in [-0.15, -0.1) is 0 Å². The molecule has 0 radical (unpaired) electrons. The Kier molecular flexibility index (Phi) is 6.14. The van der Waals surface area contributed by atoms with Gasteiger partial charge in [-0.05, 0) is 50.1 Å². The van der Waals surface area contributed by atoms with E-state index in [2.05, 4.69) is 5.32 Å². The smallest absolute Gasteiger partial charge is 0.325 e. The maximum Gasteiger partial charge on any atom is 0.325 e. The summed E-state index contributed by atoms with van der Waals surface area (Å²) < 4.78 is 32.7. The van der Waals surface area contributed by atoms with Crippen LogP contribution in [0.1, 0.15) is 29.8 Å². The first kappa shape index (κ1) is 21.1. The minimum absolute atomic E-state index is 0.0187. The van der Waals surface area contributed by atoms with E-state index in [-0.39, 0.29) is 28.1 Å². The van der Waals surface area contributed by atoms with Crippen molar-refractivity contribution in [2.24, 2.45) is 0 Å². The molecule has 0 bridgehead atoms. The quantitative estimate of drug-likeness (QED) is 0.703. The number of hydrogen-bond donors (Lipinski definition) is 1. The molecule has 154 valence electrons. The van der Waals surface area contributed by atoms with Crippen LogP contribution < -0.4 is 9.62 Å². The molecule has 3 rings (SSSR count). The molecule has 0 aromatic heterocycles. The number of sulfonamides is 1. The van der Waals surface area contributed by atoms with Crippen LogP contribution >= 0.6 is 11.6 Å². The van der Waals surface area contributed by atoms with Gasteiger partial charge in [0.15, 0.2) is 0 Å². The number of hydrogen-bond acceptors (Lipinski definition) is 5. The van der Waals surface area contributed by atoms with Crippen LogP contribution in [-0.4, -0.2) is 39.5 Å². The number of esters is 1. The normalized spacial score (nSPS) is 13.3. The van der Waals surface area contributed by atoms with Gasteiger partial charge in [0.25, 0.3) is 15.9 Å². The second-order valence-electron chi connectivity index (χ2n) is 6.82. The fourth-order valence-electron chi connectivity index (χ4n) is 3.08. The molecule has 7 nitrogen and oxygen atoms in total. The van der Waals surface area contributed by atoms with Crippen LogP contribution in [0.5, 0.6) is 0 Å². The zero-order chi connectivity index (χ0) is 21.2. The summed E-state index contributed by atoms with van der Waals surface area (Å²) in [4.78, 5) is 23.8. The monoisotopic (exact) mass is 436 g/mol. The summed E-state index contributed by atoms with van der Waals surface area (Å²) >= 11 is 6.16. The van der Waals surface area contributed by atoms with Crippen molar-refractivity contribution in [2.45, 2.75) is 31.3 Å². The van der Waals surface area contributed by atoms with Crippen LogP contribution in [0.2, 0.25) is 5.02 Å². The Morgan fingerprint density at radius 3 is 2.66 bits per heavy atom. The van der Waals surface area contributed by atoms with Crippen molar-refractivity contribution >= 4 is 39.2 Å². The number of benzene rings is 2. The fourth-order valence-corrected chi connectivity index (χ4v) is 5.08. The van der Waals surface area contributed by atoms with Crippen molar-refractivity contribution in [3.05, 3.63) is 58.6 Å². The molecule has 1 N–H and O–H groups in total. The molecule has 0 saturated heterocycles. The standard InChI is InChI=1S/C20H21ClN2O5S/c1-13(2)28-19(24)12-22-20(25)15-7-8-16(21)18(11-15)29(26,27)23-10-9-14-5-3-4-6-17(14)23/h3-8,11,13H,9-10,12H2,1-2H3,(H,22,25). The van der Waals surface area contributed by atoms with Crippen molar-refractivity contribution in [2.75, 3.05) is 17.4 Å². The van der Waals surface area contributed by atoms with Gasteiger partial charge < -0.3 is 10.1 Å². The molecule has 9 heteroatoms. The van der Waals surface area contributed by atoms with Gasteiger partial charge in [0, 0.05) is 12.1 Å². The summed E-state index contributed by atoms with van der Waals surface area (Å²) in [6.07, 6.45) is 0.306. The van der Waals surface area contributed by atoms with Gasteiger partial charge in [0.1, 0.15) is 11.4 Å². The minimum Gasteiger partial charge on any atom is -0.462 e. The van der Waals surface area contributed by atoms with E-state index in [4.69, 9.17) is 16.3 Å². The number of carbonyl (C=O) groups excluding carboxylic acids is 2. The number of amides is 1. The molecule has 1 amide bonds. The van der Waals surface area contributed by atoms with E-state index in [9.17, 15) is 18.0 Å². The van der Waals surface area contributed by atoms with E-state index < -0.39 is 21.9 Å². The summed E-state index contributed by atoms with van der Waals surface area (Å²) in [5.41, 5.74) is 1.62. The number of nitrogens with zero attached hydrogens (tertiary/aromatic N) is 1. The molecule has 0 atom stereocenters. The molecule has 0 aliphatic carbocycles. The molecular formula is C20H21ClN2O5S. The zero-order valence-electron chi connectivity index (χ0n) is 16.0. The lowest BCUT2D eigenvalue weighted by Crippen LogP contribution is -2.32. The number of rotatable bonds is 6. The van der Waals surface area contributed by atoms with Crippen LogP contribution in [0.25, 0.3) is 0 Å². The molecule has 0 saturated carbocycles. The van der Waals surface area contributed by atoms with E-state index in [1.165, 1.54) is 22.5 Å². The van der Waals surface area contributed by atoms with Crippen LogP contribution in [-0.2, 0) is 26.0 Å². The Balaban J connectivity index is 1.84. The van der Waals surface area contributed by atoms with Crippen molar-refractivity contribution in [3.63, 3.8) is 0 Å². The van der Waals surface area contributed by atoms with E-state index in [0.717, 1.165) is 5.56 Å². The molecule has 0 unspecified atom stereocenters. The number of halogens is 1. The fraction of sp³-hybridized carbons (Fsp3) is 0.300. The largest absolute Gasteiger partial charge is 0.462 e. The first-order valence-electron chi connectivity index (χ1n) is 9.08. The lowest BCUT2D eigenvalue weighted by molar-refractivity contribution is -0.146. The predicted molar refractivity (Wildman–Crippen MR) is 110 cm³/mol. The van der Waals surface area contributed by atoms with Gasteiger partial charge in [-0.2, -0.15) is 0 Å². The molecule has 29 heavy (non-hydrogen) atoms. The lowest BCUT2D eigenvalue weighted by Gasteiger charge is -2.20. The van der Waals surface area contributed by atoms with Gasteiger partial charge in [0.05, 0.1) is 16.8 Å². The van der Waals surface area contributed by atoms with Crippen LogP contribution in [0.4, 0.5) is 5.69 Å². The number of para-hydroxylation sites is 1. The van der Waals surface area contributed by atoms with Crippen molar-refractivity contribution < 1.29 is 22.7 Å². The van der Waals surface area contributed by atoms with Crippen molar-refractivity contribution in [1.82, 2.24) is 5.32 Å². The van der Waals surface area contributed by atoms with Gasteiger partial charge in [-0.3, -0.25) is 13.9 Å². The minimum atomic E-state index is -3.96. The third-order valence-corrected chi connectivity index (χ3v) is 6.66. The molecule has 1 heterocycles. The second kappa shape index (κ2) is 8.42. The summed E-state index contributed by atoms with van der Waals surface area (Å²) in [5, 5.41) is 2.44. The van der Waals surface area contributed by atoms with E-state index in [1.807, 2.05) is 12.1 Å². The molecular weight excluding hydrogens is 416 g/mol. The highest BCUT2D eigenvalue weighted by molar-refractivity contribution is 7.93. The number of anilines is 1. The molecule has 2 aromatic rings. The third kappa shape index (κ3) is 4.54. The highest BCUT2D eigenvalue weighted by Gasteiger charge is 2.32. The Morgan fingerprint density at radius 2 is 1.93 bits per heavy atom. The van der Waals surface area contributed by atoms with Gasteiger partial charge in [0.2, 0.25) is 0 Å². The maximum atomic E-state index is 13.2. The van der Waals surface area contributed by atoms with Gasteiger partial charge >= 0.3 is 5.97 Å². The van der Waals surface area contributed by atoms with Crippen LogP contribution in [0.15, 0.2) is 47.4 Å². The average Bonchev–Trinajstić information content (AvgIpc) is 3.10. The predicted octanol–water partition coefficient (Wildman–Crippen LogP) is 2.77. The van der Waals surface area contributed by atoms with Gasteiger partial charge in [-0.25, -0.2) is 8.42 Å². The van der Waals surface area contributed by atoms with E-state index in [0.29, 0.717) is 18.7 Å². The SMILES string of the molecule is CC(C)OC(=O)CNC(=O)c1ccc(Cl)c(S(=O)(=O)N2CCc3ccccc32)c1. The number of fused-ring (bicyclic) bond motifs is 1. The number of nitrogens with one attached hydrogen (secondary N) is 1. The summed E-state index contributed by atoms with van der Waals surface area (Å²) in [7, 11) is -3.96. The maximum absolute atomic E-state index is 13.2. The molecule has 1 aliphatic rings. The third-order valence-electron chi connectivity index (χ3n) is 4.37. The lowest BCUT2D eigenvalue weighted by atomic mass is 10.2. The summed E-state index contributed by atoms with van der Waals surface area (Å²) in [5.74, 6) is -1.18. The first-order chi connectivity index (χ1) is 13.7. The second-order valence-corrected chi connectivity index (χ2v) is 9.06. The molecule has 0 spiro atoms. The van der Waals surface area contributed by atoms with Crippen LogP contribution in [0.3, 0.4) is 0 Å². The number of carbonyl (C=O) groups is 2. The molecule has 2 aromatic carbocycles. The summed E-state index contributed by atoms with van der Waals surface area (Å²) in [6, 6.07) is 11.2. The molecule has 0 fully saturated rings. The van der Waals surface area contributed by atoms with Crippen molar-refractivity contribution in [3.8, 4) is 0 Å². The van der Waals surface area contributed by atoms with E-state index in [1.54, 1.807) is 26.0 Å². The Morgan fingerprint density at radius 1 is 1.21 bits per heavy atom. The first-order valence-corrected chi connectivity index (χ1v) is 10.9. The summed E-state index contributed by atoms with van der Waals surface area (Å²) in [6.45, 7) is 3.38. The number of ether oxygens (including phenoxy) is 1. The topological polar surface area (TPSA) is 92.8 Å². The van der Waals surface area contributed by atoms with Gasteiger partial charge in [-0.1, -0.05) is 29.8 Å². The highest BCUT2D eigenvalue weighted by Crippen LogP contribution is 2.35. The zero-order valence-corrected chi connectivity index (χ0v) is 17.6. The highest BCUT2D eigenvalue weighted by atomic mass is 35.5. The van der Waals surface area contributed by atoms with E-state index >= 15 is 0 Å². The van der Waals surface area contributed by atoms with Crippen molar-refractivity contribution in [1.29, 1.82) is 0 Å². The Bertz CT molecular complexity index is 1050. The Hall–Kier alpha value is -2.58. The average molecular weight is 437 g/mol. The Labute approximate surface area is 174 Å². The van der Waals surface area contributed by atoms with Crippen LogP contribution in [0, 0.1) is 0 Å².